The minimum atomic E-state index is -0.254. The topological polar surface area (TPSA) is 96.1 Å². The van der Waals surface area contributed by atoms with Crippen LogP contribution in [0.4, 0.5) is 0 Å². The number of phenols is 1. The van der Waals surface area contributed by atoms with Crippen LogP contribution in [-0.2, 0) is 16.1 Å². The molecule has 2 saturated heterocycles. The second-order valence-electron chi connectivity index (χ2n) is 7.52. The highest BCUT2D eigenvalue weighted by Gasteiger charge is 2.32. The minimum Gasteiger partial charge on any atom is -0.504 e. The highest BCUT2D eigenvalue weighted by molar-refractivity contribution is 5.80. The number of likely N-dealkylation sites (tertiary alicyclic amines) is 2. The molecule has 0 aromatic heterocycles. The molecule has 0 radical (unpaired) electrons. The number of hydrogen-bond acceptors (Lipinski definition) is 5. The zero-order valence-corrected chi connectivity index (χ0v) is 15.9. The fraction of sp³-hybridized carbons (Fsp3) is 0.600. The monoisotopic (exact) mass is 375 g/mol. The third-order valence-electron chi connectivity index (χ3n) is 5.84. The summed E-state index contributed by atoms with van der Waals surface area (Å²) in [5.41, 5.74) is 6.21. The van der Waals surface area contributed by atoms with Crippen molar-refractivity contribution in [2.75, 3.05) is 33.3 Å². The molecule has 2 fully saturated rings. The first-order chi connectivity index (χ1) is 13.0. The Bertz CT molecular complexity index is 678. The maximum atomic E-state index is 12.8. The number of methoxy groups -OCH3 is 1. The average molecular weight is 375 g/mol. The number of ether oxygens (including phenoxy) is 1. The Hall–Kier alpha value is -2.28. The van der Waals surface area contributed by atoms with E-state index in [1.807, 2.05) is 17.0 Å². The quantitative estimate of drug-likeness (QED) is 0.810. The molecule has 1 aromatic rings. The van der Waals surface area contributed by atoms with Crippen LogP contribution in [0.15, 0.2) is 18.2 Å². The maximum Gasteiger partial charge on any atom is 0.225 e. The molecule has 148 valence electrons. The summed E-state index contributed by atoms with van der Waals surface area (Å²) >= 11 is 0. The lowest BCUT2D eigenvalue weighted by Gasteiger charge is -2.36. The number of carbonyl (C=O) groups excluding carboxylic acids is 2. The third kappa shape index (κ3) is 4.53. The van der Waals surface area contributed by atoms with Gasteiger partial charge in [-0.05, 0) is 44.8 Å². The molecule has 2 aliphatic heterocycles. The van der Waals surface area contributed by atoms with Gasteiger partial charge in [0.1, 0.15) is 0 Å². The lowest BCUT2D eigenvalue weighted by molar-refractivity contribution is -0.140. The van der Waals surface area contributed by atoms with Crippen molar-refractivity contribution in [2.24, 2.45) is 17.6 Å². The molecule has 0 atom stereocenters. The molecule has 2 amide bonds. The van der Waals surface area contributed by atoms with E-state index >= 15 is 0 Å². The number of carbonyl (C=O) groups is 2. The van der Waals surface area contributed by atoms with Crippen molar-refractivity contribution in [3.63, 3.8) is 0 Å². The van der Waals surface area contributed by atoms with Crippen LogP contribution in [0.5, 0.6) is 11.5 Å². The van der Waals surface area contributed by atoms with Crippen LogP contribution >= 0.6 is 0 Å². The molecule has 2 aliphatic rings. The van der Waals surface area contributed by atoms with E-state index in [1.165, 1.54) is 0 Å². The molecule has 3 rings (SSSR count). The van der Waals surface area contributed by atoms with Gasteiger partial charge >= 0.3 is 0 Å². The van der Waals surface area contributed by atoms with E-state index in [0.717, 1.165) is 31.5 Å². The molecule has 2 heterocycles. The molecule has 0 unspecified atom stereocenters. The first-order valence-corrected chi connectivity index (χ1v) is 9.65. The summed E-state index contributed by atoms with van der Waals surface area (Å²) in [5.74, 6) is 0.585. The summed E-state index contributed by atoms with van der Waals surface area (Å²) in [5, 5.41) is 10.2. The van der Waals surface area contributed by atoms with Crippen molar-refractivity contribution in [1.82, 2.24) is 9.80 Å². The van der Waals surface area contributed by atoms with Crippen LogP contribution in [0.2, 0.25) is 0 Å². The minimum absolute atomic E-state index is 0.0466. The van der Waals surface area contributed by atoms with Gasteiger partial charge in [-0.25, -0.2) is 0 Å². The van der Waals surface area contributed by atoms with Crippen LogP contribution in [0, 0.1) is 11.8 Å². The van der Waals surface area contributed by atoms with Gasteiger partial charge in [-0.1, -0.05) is 12.1 Å². The summed E-state index contributed by atoms with van der Waals surface area (Å²) in [6, 6.07) is 5.52. The number of phenolic OH excluding ortho intramolecular Hbond substituents is 1. The van der Waals surface area contributed by atoms with Crippen LogP contribution in [-0.4, -0.2) is 60.0 Å². The molecule has 0 saturated carbocycles. The van der Waals surface area contributed by atoms with Crippen molar-refractivity contribution in [2.45, 2.75) is 32.2 Å². The van der Waals surface area contributed by atoms with E-state index in [9.17, 15) is 14.7 Å². The first-order valence-electron chi connectivity index (χ1n) is 9.65. The normalized spacial score (nSPS) is 19.8. The Labute approximate surface area is 160 Å². The second-order valence-corrected chi connectivity index (χ2v) is 7.52. The zero-order chi connectivity index (χ0) is 19.4. The molecular weight excluding hydrogens is 346 g/mol. The van der Waals surface area contributed by atoms with Crippen LogP contribution in [0.3, 0.4) is 0 Å². The van der Waals surface area contributed by atoms with Gasteiger partial charge in [0, 0.05) is 37.0 Å². The number of nitrogens with two attached hydrogens (primary N) is 1. The maximum absolute atomic E-state index is 12.8. The predicted molar refractivity (Wildman–Crippen MR) is 101 cm³/mol. The fourth-order valence-electron chi connectivity index (χ4n) is 4.08. The lowest BCUT2D eigenvalue weighted by atomic mass is 9.91. The highest BCUT2D eigenvalue weighted by Crippen LogP contribution is 2.31. The van der Waals surface area contributed by atoms with Gasteiger partial charge < -0.3 is 20.5 Å². The fourth-order valence-corrected chi connectivity index (χ4v) is 4.08. The van der Waals surface area contributed by atoms with Crippen molar-refractivity contribution >= 4 is 11.8 Å². The average Bonchev–Trinajstić information content (AvgIpc) is 2.69. The summed E-state index contributed by atoms with van der Waals surface area (Å²) in [6.07, 6.45) is 2.99. The molecule has 0 spiro atoms. The van der Waals surface area contributed by atoms with Gasteiger partial charge in [0.25, 0.3) is 0 Å². The van der Waals surface area contributed by atoms with E-state index in [4.69, 9.17) is 10.5 Å². The van der Waals surface area contributed by atoms with Crippen molar-refractivity contribution in [3.8, 4) is 11.5 Å². The number of hydrogen-bond donors (Lipinski definition) is 2. The lowest BCUT2D eigenvalue weighted by Crippen LogP contribution is -2.46. The number of aromatic hydroxyl groups is 1. The number of benzene rings is 1. The molecule has 3 N–H and O–H groups in total. The summed E-state index contributed by atoms with van der Waals surface area (Å²) < 4.78 is 5.17. The second kappa shape index (κ2) is 8.61. The molecular formula is C20H29N3O4. The summed E-state index contributed by atoms with van der Waals surface area (Å²) in [6.45, 7) is 3.55. The third-order valence-corrected chi connectivity index (χ3v) is 5.84. The molecule has 0 aliphatic carbocycles. The van der Waals surface area contributed by atoms with Gasteiger partial charge in [-0.3, -0.25) is 14.5 Å². The number of piperidine rings is 2. The number of para-hydroxylation sites is 1. The van der Waals surface area contributed by atoms with Crippen LogP contribution < -0.4 is 10.5 Å². The van der Waals surface area contributed by atoms with E-state index in [0.29, 0.717) is 38.2 Å². The molecule has 0 bridgehead atoms. The Morgan fingerprint density at radius 2 is 1.74 bits per heavy atom. The largest absolute Gasteiger partial charge is 0.504 e. The van der Waals surface area contributed by atoms with Gasteiger partial charge in [0.15, 0.2) is 11.5 Å². The Kier molecular flexibility index (Phi) is 6.21. The molecule has 27 heavy (non-hydrogen) atoms. The number of rotatable bonds is 5. The van der Waals surface area contributed by atoms with E-state index < -0.39 is 0 Å². The molecule has 1 aromatic carbocycles. The Morgan fingerprint density at radius 1 is 1.11 bits per heavy atom. The van der Waals surface area contributed by atoms with Crippen molar-refractivity contribution in [1.29, 1.82) is 0 Å². The number of nitrogens with zero attached hydrogens (tertiary/aromatic N) is 2. The smallest absolute Gasteiger partial charge is 0.225 e. The first kappa shape index (κ1) is 19.5. The van der Waals surface area contributed by atoms with Crippen LogP contribution in [0.25, 0.3) is 0 Å². The van der Waals surface area contributed by atoms with Gasteiger partial charge in [0.2, 0.25) is 11.8 Å². The van der Waals surface area contributed by atoms with E-state index in [2.05, 4.69) is 4.90 Å². The van der Waals surface area contributed by atoms with E-state index in [-0.39, 0.29) is 29.4 Å². The Morgan fingerprint density at radius 3 is 2.33 bits per heavy atom. The van der Waals surface area contributed by atoms with Crippen LogP contribution in [0.1, 0.15) is 31.2 Å². The van der Waals surface area contributed by atoms with E-state index in [1.54, 1.807) is 13.2 Å². The standard InChI is InChI=1S/C20H29N3O4/c1-27-17-4-2-3-16(18(17)24)13-22-9-5-15(6-10-22)20(26)23-11-7-14(8-12-23)19(21)25/h2-4,14-15,24H,5-13H2,1H3,(H2,21,25). The van der Waals surface area contributed by atoms with Crippen molar-refractivity contribution in [3.05, 3.63) is 23.8 Å². The highest BCUT2D eigenvalue weighted by atomic mass is 16.5. The molecule has 7 heteroatoms. The Balaban J connectivity index is 1.49. The number of primary amides is 1. The van der Waals surface area contributed by atoms with Crippen molar-refractivity contribution < 1.29 is 19.4 Å². The molecule has 7 nitrogen and oxygen atoms in total. The summed E-state index contributed by atoms with van der Waals surface area (Å²) in [7, 11) is 1.54. The predicted octanol–water partition coefficient (Wildman–Crippen LogP) is 1.34. The van der Waals surface area contributed by atoms with Gasteiger partial charge in [-0.15, -0.1) is 0 Å². The summed E-state index contributed by atoms with van der Waals surface area (Å²) in [4.78, 5) is 28.2. The number of amides is 2. The van der Waals surface area contributed by atoms with Gasteiger partial charge in [-0.2, -0.15) is 0 Å². The SMILES string of the molecule is COc1cccc(CN2CCC(C(=O)N3CCC(C(N)=O)CC3)CC2)c1O. The van der Waals surface area contributed by atoms with Gasteiger partial charge in [0.05, 0.1) is 7.11 Å². The zero-order valence-electron chi connectivity index (χ0n) is 15.9.